The molecular weight excluding hydrogens is 224 g/mol. The van der Waals surface area contributed by atoms with Crippen molar-refractivity contribution in [3.05, 3.63) is 35.9 Å². The van der Waals surface area contributed by atoms with Crippen molar-refractivity contribution >= 4 is 0 Å². The molecule has 2 fully saturated rings. The first kappa shape index (κ1) is 11.1. The lowest BCUT2D eigenvalue weighted by Gasteiger charge is -2.31. The molecule has 2 N–H and O–H groups in total. The van der Waals surface area contributed by atoms with Gasteiger partial charge in [-0.1, -0.05) is 30.3 Å². The second kappa shape index (κ2) is 4.36. The van der Waals surface area contributed by atoms with E-state index in [9.17, 15) is 10.2 Å². The predicted octanol–water partition coefficient (Wildman–Crippen LogP) is 0.179. The number of benzene rings is 1. The molecule has 5 nitrogen and oxygen atoms in total. The highest BCUT2D eigenvalue weighted by Gasteiger charge is 2.47. The zero-order chi connectivity index (χ0) is 11.8. The zero-order valence-corrected chi connectivity index (χ0v) is 9.10. The number of fused-ring (bicyclic) bond motifs is 1. The average Bonchev–Trinajstić information content (AvgIpc) is 2.80. The summed E-state index contributed by atoms with van der Waals surface area (Å²) in [7, 11) is 0. The Morgan fingerprint density at radius 1 is 1.06 bits per heavy atom. The summed E-state index contributed by atoms with van der Waals surface area (Å²) in [6.45, 7) is 0.228. The van der Waals surface area contributed by atoms with Crippen LogP contribution < -0.4 is 0 Å². The molecule has 2 aliphatic rings. The molecule has 0 aromatic heterocycles. The minimum atomic E-state index is -1.20. The first-order valence-electron chi connectivity index (χ1n) is 5.59. The molecule has 0 bridgehead atoms. The van der Waals surface area contributed by atoms with Crippen LogP contribution in [-0.4, -0.2) is 41.4 Å². The van der Waals surface area contributed by atoms with E-state index < -0.39 is 24.8 Å². The molecule has 0 aliphatic carbocycles. The highest BCUT2D eigenvalue weighted by Crippen LogP contribution is 2.35. The molecule has 1 aromatic carbocycles. The van der Waals surface area contributed by atoms with Crippen LogP contribution in [0, 0.1) is 0 Å². The van der Waals surface area contributed by atoms with Crippen LogP contribution in [0.1, 0.15) is 11.9 Å². The van der Waals surface area contributed by atoms with Crippen LogP contribution in [0.4, 0.5) is 0 Å². The molecule has 0 radical (unpaired) electrons. The van der Waals surface area contributed by atoms with Gasteiger partial charge in [-0.15, -0.1) is 0 Å². The van der Waals surface area contributed by atoms with Crippen molar-refractivity contribution in [3.63, 3.8) is 0 Å². The van der Waals surface area contributed by atoms with Gasteiger partial charge in [-0.05, 0) is 0 Å². The van der Waals surface area contributed by atoms with Crippen molar-refractivity contribution in [2.75, 3.05) is 6.61 Å². The summed E-state index contributed by atoms with van der Waals surface area (Å²) in [5.41, 5.74) is 0.892. The molecule has 5 atom stereocenters. The third kappa shape index (κ3) is 1.96. The molecule has 3 rings (SSSR count). The van der Waals surface area contributed by atoms with Gasteiger partial charge in [-0.2, -0.15) is 0 Å². The summed E-state index contributed by atoms with van der Waals surface area (Å²) < 4.78 is 16.3. The SMILES string of the molecule is O[C@H]1[C@@H]2O[C@@H](c3ccccc3)O[C@@H]2CO[C@@H]1O. The van der Waals surface area contributed by atoms with Gasteiger partial charge in [0.25, 0.3) is 0 Å². The van der Waals surface area contributed by atoms with Crippen molar-refractivity contribution < 1.29 is 24.4 Å². The Labute approximate surface area is 98.5 Å². The first-order valence-corrected chi connectivity index (χ1v) is 5.59. The molecular formula is C12H14O5. The Morgan fingerprint density at radius 3 is 2.59 bits per heavy atom. The van der Waals surface area contributed by atoms with E-state index in [-0.39, 0.29) is 12.7 Å². The average molecular weight is 238 g/mol. The van der Waals surface area contributed by atoms with E-state index >= 15 is 0 Å². The van der Waals surface area contributed by atoms with Crippen LogP contribution in [0.2, 0.25) is 0 Å². The third-order valence-corrected chi connectivity index (χ3v) is 3.08. The summed E-state index contributed by atoms with van der Waals surface area (Å²) >= 11 is 0. The number of rotatable bonds is 1. The molecule has 2 saturated heterocycles. The lowest BCUT2D eigenvalue weighted by atomic mass is 10.1. The standard InChI is InChI=1S/C12H14O5/c13-9-10-8(6-15-11(9)14)16-12(17-10)7-4-2-1-3-5-7/h1-5,8-14H,6H2/t8-,9+,10-,11+,12+/m1/s1. The van der Waals surface area contributed by atoms with E-state index in [2.05, 4.69) is 0 Å². The van der Waals surface area contributed by atoms with Crippen LogP contribution in [-0.2, 0) is 14.2 Å². The molecule has 0 saturated carbocycles. The molecule has 92 valence electrons. The second-order valence-corrected chi connectivity index (χ2v) is 4.23. The summed E-state index contributed by atoms with van der Waals surface area (Å²) in [5, 5.41) is 19.1. The second-order valence-electron chi connectivity index (χ2n) is 4.23. The minimum absolute atomic E-state index is 0.228. The van der Waals surface area contributed by atoms with E-state index in [1.807, 2.05) is 30.3 Å². The molecule has 2 heterocycles. The Morgan fingerprint density at radius 2 is 1.82 bits per heavy atom. The molecule has 0 unspecified atom stereocenters. The zero-order valence-electron chi connectivity index (χ0n) is 9.10. The number of ether oxygens (including phenoxy) is 3. The molecule has 17 heavy (non-hydrogen) atoms. The van der Waals surface area contributed by atoms with Crippen LogP contribution in [0.15, 0.2) is 30.3 Å². The van der Waals surface area contributed by atoms with Gasteiger partial charge < -0.3 is 24.4 Å². The van der Waals surface area contributed by atoms with Gasteiger partial charge in [-0.25, -0.2) is 0 Å². The maximum absolute atomic E-state index is 9.73. The summed E-state index contributed by atoms with van der Waals surface area (Å²) in [5.74, 6) is 0. The number of hydrogen-bond donors (Lipinski definition) is 2. The van der Waals surface area contributed by atoms with Gasteiger partial charge in [0, 0.05) is 5.56 Å². The van der Waals surface area contributed by atoms with E-state index in [0.29, 0.717) is 0 Å². The lowest BCUT2D eigenvalue weighted by Crippen LogP contribution is -2.51. The molecule has 0 spiro atoms. The van der Waals surface area contributed by atoms with Crippen molar-refractivity contribution in [2.24, 2.45) is 0 Å². The van der Waals surface area contributed by atoms with Gasteiger partial charge in [0.1, 0.15) is 18.3 Å². The van der Waals surface area contributed by atoms with Gasteiger partial charge in [-0.3, -0.25) is 0 Å². The molecule has 1 aromatic rings. The molecule has 2 aliphatic heterocycles. The van der Waals surface area contributed by atoms with Crippen molar-refractivity contribution in [1.29, 1.82) is 0 Å². The maximum Gasteiger partial charge on any atom is 0.184 e. The Balaban J connectivity index is 1.77. The highest BCUT2D eigenvalue weighted by molar-refractivity contribution is 5.17. The monoisotopic (exact) mass is 238 g/mol. The van der Waals surface area contributed by atoms with E-state index in [0.717, 1.165) is 5.56 Å². The number of hydrogen-bond acceptors (Lipinski definition) is 5. The van der Waals surface area contributed by atoms with E-state index in [1.54, 1.807) is 0 Å². The van der Waals surface area contributed by atoms with Crippen LogP contribution in [0.5, 0.6) is 0 Å². The van der Waals surface area contributed by atoms with Crippen molar-refractivity contribution in [3.8, 4) is 0 Å². The summed E-state index contributed by atoms with van der Waals surface area (Å²) in [6, 6.07) is 9.49. The molecule has 5 heteroatoms. The Bertz CT molecular complexity index is 382. The Kier molecular flexibility index (Phi) is 2.85. The van der Waals surface area contributed by atoms with Crippen LogP contribution in [0.25, 0.3) is 0 Å². The van der Waals surface area contributed by atoms with Gasteiger partial charge in [0.05, 0.1) is 6.61 Å². The molecule has 0 amide bonds. The first-order chi connectivity index (χ1) is 8.25. The van der Waals surface area contributed by atoms with Crippen molar-refractivity contribution in [1.82, 2.24) is 0 Å². The van der Waals surface area contributed by atoms with Crippen LogP contribution >= 0.6 is 0 Å². The highest BCUT2D eigenvalue weighted by atomic mass is 16.8. The fraction of sp³-hybridized carbons (Fsp3) is 0.500. The summed E-state index contributed by atoms with van der Waals surface area (Å²) in [4.78, 5) is 0. The summed E-state index contributed by atoms with van der Waals surface area (Å²) in [6.07, 6.45) is -3.64. The fourth-order valence-corrected chi connectivity index (χ4v) is 2.15. The number of aliphatic hydroxyl groups is 2. The van der Waals surface area contributed by atoms with Gasteiger partial charge >= 0.3 is 0 Å². The van der Waals surface area contributed by atoms with Gasteiger partial charge in [0.15, 0.2) is 12.6 Å². The normalized spacial score (nSPS) is 41.2. The largest absolute Gasteiger partial charge is 0.385 e. The topological polar surface area (TPSA) is 68.2 Å². The number of aliphatic hydroxyl groups excluding tert-OH is 2. The quantitative estimate of drug-likeness (QED) is 0.730. The maximum atomic E-state index is 9.73. The smallest absolute Gasteiger partial charge is 0.184 e. The lowest BCUT2D eigenvalue weighted by molar-refractivity contribution is -0.229. The van der Waals surface area contributed by atoms with Crippen molar-refractivity contribution in [2.45, 2.75) is 30.9 Å². The van der Waals surface area contributed by atoms with E-state index in [4.69, 9.17) is 14.2 Å². The fourth-order valence-electron chi connectivity index (χ4n) is 2.15. The Hall–Kier alpha value is -0.980. The van der Waals surface area contributed by atoms with E-state index in [1.165, 1.54) is 0 Å². The minimum Gasteiger partial charge on any atom is -0.385 e. The van der Waals surface area contributed by atoms with Gasteiger partial charge in [0.2, 0.25) is 0 Å². The van der Waals surface area contributed by atoms with Crippen LogP contribution in [0.3, 0.4) is 0 Å². The third-order valence-electron chi connectivity index (χ3n) is 3.08. The predicted molar refractivity (Wildman–Crippen MR) is 56.9 cm³/mol.